The van der Waals surface area contributed by atoms with Gasteiger partial charge in [-0.25, -0.2) is 0 Å². The van der Waals surface area contributed by atoms with E-state index >= 15 is 0 Å². The molecule has 1 aliphatic rings. The van der Waals surface area contributed by atoms with Crippen LogP contribution in [0.5, 0.6) is 0 Å². The van der Waals surface area contributed by atoms with Crippen LogP contribution < -0.4 is 10.6 Å². The van der Waals surface area contributed by atoms with Gasteiger partial charge in [0.25, 0.3) is 5.69 Å². The molecule has 1 saturated heterocycles. The molecule has 8 heteroatoms. The van der Waals surface area contributed by atoms with E-state index in [4.69, 9.17) is 5.26 Å². The third kappa shape index (κ3) is 3.67. The van der Waals surface area contributed by atoms with E-state index in [0.717, 1.165) is 13.1 Å². The minimum atomic E-state index is -0.543. The molecule has 110 valence electrons. The Balaban J connectivity index is 2.06. The SMILES string of the molecule is N#Cc1ccc([N+](=O)[O-])c(NCC(=O)N2CCNCC2)c1. The molecule has 8 nitrogen and oxygen atoms in total. The van der Waals surface area contributed by atoms with Gasteiger partial charge in [0.05, 0.1) is 23.1 Å². The topological polar surface area (TPSA) is 111 Å². The highest BCUT2D eigenvalue weighted by molar-refractivity contribution is 5.82. The molecule has 1 fully saturated rings. The van der Waals surface area contributed by atoms with Crippen LogP contribution >= 0.6 is 0 Å². The summed E-state index contributed by atoms with van der Waals surface area (Å²) >= 11 is 0. The number of anilines is 1. The van der Waals surface area contributed by atoms with Gasteiger partial charge in [0.2, 0.25) is 5.91 Å². The van der Waals surface area contributed by atoms with Crippen LogP contribution in [0.3, 0.4) is 0 Å². The molecule has 2 N–H and O–H groups in total. The molecule has 1 aliphatic heterocycles. The second-order valence-corrected chi connectivity index (χ2v) is 4.59. The fourth-order valence-electron chi connectivity index (χ4n) is 2.10. The summed E-state index contributed by atoms with van der Waals surface area (Å²) in [6, 6.07) is 5.93. The van der Waals surface area contributed by atoms with E-state index in [2.05, 4.69) is 10.6 Å². The van der Waals surface area contributed by atoms with Crippen molar-refractivity contribution >= 4 is 17.3 Å². The van der Waals surface area contributed by atoms with E-state index in [1.54, 1.807) is 4.90 Å². The number of carbonyl (C=O) groups excluding carboxylic acids is 1. The van der Waals surface area contributed by atoms with E-state index in [-0.39, 0.29) is 23.8 Å². The molecule has 1 aromatic rings. The number of nitriles is 1. The maximum atomic E-state index is 12.0. The van der Waals surface area contributed by atoms with Crippen molar-refractivity contribution in [1.29, 1.82) is 5.26 Å². The summed E-state index contributed by atoms with van der Waals surface area (Å²) in [7, 11) is 0. The largest absolute Gasteiger partial charge is 0.371 e. The molecular weight excluding hydrogens is 274 g/mol. The Morgan fingerprint density at radius 2 is 2.19 bits per heavy atom. The molecule has 0 radical (unpaired) electrons. The molecule has 0 aromatic heterocycles. The molecule has 1 aromatic carbocycles. The quantitative estimate of drug-likeness (QED) is 0.609. The van der Waals surface area contributed by atoms with Crippen molar-refractivity contribution in [1.82, 2.24) is 10.2 Å². The summed E-state index contributed by atoms with van der Waals surface area (Å²) in [6.07, 6.45) is 0. The number of piperazine rings is 1. The van der Waals surface area contributed by atoms with Crippen LogP contribution in [0, 0.1) is 21.4 Å². The summed E-state index contributed by atoms with van der Waals surface area (Å²) in [6.45, 7) is 2.71. The smallest absolute Gasteiger partial charge is 0.292 e. The first kappa shape index (κ1) is 14.7. The molecule has 0 atom stereocenters. The third-order valence-corrected chi connectivity index (χ3v) is 3.22. The first-order valence-corrected chi connectivity index (χ1v) is 6.52. The number of carbonyl (C=O) groups is 1. The average Bonchev–Trinajstić information content (AvgIpc) is 2.52. The lowest BCUT2D eigenvalue weighted by atomic mass is 10.2. The highest BCUT2D eigenvalue weighted by Gasteiger charge is 2.18. The van der Waals surface area contributed by atoms with Crippen LogP contribution in [-0.4, -0.2) is 48.5 Å². The first-order valence-electron chi connectivity index (χ1n) is 6.52. The van der Waals surface area contributed by atoms with Crippen LogP contribution in [0.25, 0.3) is 0 Å². The maximum absolute atomic E-state index is 12.0. The van der Waals surface area contributed by atoms with Gasteiger partial charge in [-0.05, 0) is 12.1 Å². The lowest BCUT2D eigenvalue weighted by molar-refractivity contribution is -0.384. The first-order chi connectivity index (χ1) is 10.1. The summed E-state index contributed by atoms with van der Waals surface area (Å²) in [5.41, 5.74) is 0.336. The summed E-state index contributed by atoms with van der Waals surface area (Å²) in [4.78, 5) is 24.1. The predicted octanol–water partition coefficient (Wildman–Crippen LogP) is 0.310. The van der Waals surface area contributed by atoms with Crippen LogP contribution in [0.4, 0.5) is 11.4 Å². The zero-order valence-corrected chi connectivity index (χ0v) is 11.3. The third-order valence-electron chi connectivity index (χ3n) is 3.22. The summed E-state index contributed by atoms with van der Waals surface area (Å²) in [5, 5.41) is 25.7. The van der Waals surface area contributed by atoms with Gasteiger partial charge in [0.15, 0.2) is 0 Å². The van der Waals surface area contributed by atoms with Crippen LogP contribution in [0.15, 0.2) is 18.2 Å². The predicted molar refractivity (Wildman–Crippen MR) is 75.8 cm³/mol. The number of rotatable bonds is 4. The second-order valence-electron chi connectivity index (χ2n) is 4.59. The Labute approximate surface area is 121 Å². The second kappa shape index (κ2) is 6.67. The van der Waals surface area contributed by atoms with E-state index in [0.29, 0.717) is 18.7 Å². The fraction of sp³-hybridized carbons (Fsp3) is 0.385. The van der Waals surface area contributed by atoms with E-state index in [9.17, 15) is 14.9 Å². The molecule has 1 heterocycles. The van der Waals surface area contributed by atoms with Gasteiger partial charge in [-0.15, -0.1) is 0 Å². The molecule has 1 amide bonds. The van der Waals surface area contributed by atoms with Crippen molar-refractivity contribution < 1.29 is 9.72 Å². The summed E-state index contributed by atoms with van der Waals surface area (Å²) < 4.78 is 0. The minimum absolute atomic E-state index is 0.0320. The minimum Gasteiger partial charge on any atom is -0.371 e. The Bertz CT molecular complexity index is 590. The van der Waals surface area contributed by atoms with Crippen molar-refractivity contribution in [3.05, 3.63) is 33.9 Å². The molecule has 0 spiro atoms. The standard InChI is InChI=1S/C13H15N5O3/c14-8-10-1-2-12(18(20)21)11(7-10)16-9-13(19)17-5-3-15-4-6-17/h1-2,7,15-16H,3-6,9H2. The van der Waals surface area contributed by atoms with Gasteiger partial charge in [-0.3, -0.25) is 14.9 Å². The molecule has 0 aliphatic carbocycles. The van der Waals surface area contributed by atoms with Crippen molar-refractivity contribution in [2.75, 3.05) is 38.0 Å². The highest BCUT2D eigenvalue weighted by atomic mass is 16.6. The van der Waals surface area contributed by atoms with Crippen molar-refractivity contribution in [3.8, 4) is 6.07 Å². The number of hydrogen-bond donors (Lipinski definition) is 2. The van der Waals surface area contributed by atoms with Crippen LogP contribution in [0.2, 0.25) is 0 Å². The van der Waals surface area contributed by atoms with Crippen molar-refractivity contribution in [3.63, 3.8) is 0 Å². The summed E-state index contributed by atoms with van der Waals surface area (Å²) in [5.74, 6) is -0.117. The normalized spacial score (nSPS) is 14.3. The van der Waals surface area contributed by atoms with Gasteiger partial charge in [-0.2, -0.15) is 5.26 Å². The molecule has 2 rings (SSSR count). The lowest BCUT2D eigenvalue weighted by Crippen LogP contribution is -2.48. The monoisotopic (exact) mass is 289 g/mol. The zero-order chi connectivity index (χ0) is 15.2. The van der Waals surface area contributed by atoms with E-state index < -0.39 is 4.92 Å². The maximum Gasteiger partial charge on any atom is 0.292 e. The van der Waals surface area contributed by atoms with Gasteiger partial charge in [0.1, 0.15) is 5.69 Å². The van der Waals surface area contributed by atoms with Gasteiger partial charge in [-0.1, -0.05) is 0 Å². The van der Waals surface area contributed by atoms with E-state index in [1.807, 2.05) is 6.07 Å². The number of nitro benzene ring substituents is 1. The van der Waals surface area contributed by atoms with Crippen LogP contribution in [0.1, 0.15) is 5.56 Å². The molecule has 21 heavy (non-hydrogen) atoms. The van der Waals surface area contributed by atoms with E-state index in [1.165, 1.54) is 18.2 Å². The number of nitrogens with zero attached hydrogens (tertiary/aromatic N) is 3. The average molecular weight is 289 g/mol. The number of benzene rings is 1. The van der Waals surface area contributed by atoms with Gasteiger partial charge < -0.3 is 15.5 Å². The Morgan fingerprint density at radius 1 is 1.48 bits per heavy atom. The van der Waals surface area contributed by atoms with Crippen molar-refractivity contribution in [2.45, 2.75) is 0 Å². The Morgan fingerprint density at radius 3 is 2.81 bits per heavy atom. The number of nitro groups is 1. The highest BCUT2D eigenvalue weighted by Crippen LogP contribution is 2.25. The zero-order valence-electron chi connectivity index (χ0n) is 11.3. The van der Waals surface area contributed by atoms with Crippen molar-refractivity contribution in [2.24, 2.45) is 0 Å². The lowest BCUT2D eigenvalue weighted by Gasteiger charge is -2.27. The fourth-order valence-corrected chi connectivity index (χ4v) is 2.10. The molecule has 0 bridgehead atoms. The Hall–Kier alpha value is -2.66. The molecule has 0 saturated carbocycles. The number of amides is 1. The van der Waals surface area contributed by atoms with Gasteiger partial charge >= 0.3 is 0 Å². The Kier molecular flexibility index (Phi) is 4.68. The molecule has 0 unspecified atom stereocenters. The van der Waals surface area contributed by atoms with Crippen LogP contribution in [-0.2, 0) is 4.79 Å². The van der Waals surface area contributed by atoms with Gasteiger partial charge in [0, 0.05) is 32.2 Å². The number of nitrogens with one attached hydrogen (secondary N) is 2. The molecular formula is C13H15N5O3. The number of hydrogen-bond acceptors (Lipinski definition) is 6.